The first-order valence-corrected chi connectivity index (χ1v) is 23.4. The lowest BCUT2D eigenvalue weighted by Crippen LogP contribution is -2.74. The van der Waals surface area contributed by atoms with E-state index in [4.69, 9.17) is 4.42 Å². The zero-order valence-corrected chi connectivity index (χ0v) is 35.0. The number of hydrogen-bond donors (Lipinski definition) is 0. The molecule has 0 amide bonds. The van der Waals surface area contributed by atoms with Crippen molar-refractivity contribution < 1.29 is 4.42 Å². The third-order valence-electron chi connectivity index (χ3n) is 13.0. The molecule has 0 aliphatic heterocycles. The standard InChI is InChI=1S/C60H40OSi/c1-4-19-45(20-5-1)62(46-21-6-2-7-22-46,47-23-8-3-9-24-47)48-36-37-51-56-39-44(35-38-57(56)61-58(51)40-48)60-54-28-14-12-26-52(54)59(53-27-13-15-29-55(53)60)43-33-31-42(32-34-43)50-30-16-18-41-17-10-11-25-49(41)50/h1-40H. The quantitative estimate of drug-likeness (QED) is 0.0888. The summed E-state index contributed by atoms with van der Waals surface area (Å²) in [6.45, 7) is 0. The van der Waals surface area contributed by atoms with Crippen LogP contribution >= 0.6 is 0 Å². The van der Waals surface area contributed by atoms with Gasteiger partial charge in [0.1, 0.15) is 11.2 Å². The van der Waals surface area contributed by atoms with Gasteiger partial charge in [-0.1, -0.05) is 224 Å². The highest BCUT2D eigenvalue weighted by atomic mass is 28.3. The van der Waals surface area contributed by atoms with Gasteiger partial charge in [0.2, 0.25) is 0 Å². The average Bonchev–Trinajstić information content (AvgIpc) is 3.72. The normalized spacial score (nSPS) is 11.9. The molecule has 0 saturated carbocycles. The van der Waals surface area contributed by atoms with Crippen molar-refractivity contribution in [2.75, 3.05) is 0 Å². The van der Waals surface area contributed by atoms with E-state index < -0.39 is 8.07 Å². The fourth-order valence-electron chi connectivity index (χ4n) is 10.3. The molecule has 0 saturated heterocycles. The van der Waals surface area contributed by atoms with Gasteiger partial charge < -0.3 is 4.42 Å². The van der Waals surface area contributed by atoms with E-state index >= 15 is 0 Å². The van der Waals surface area contributed by atoms with Crippen molar-refractivity contribution in [1.82, 2.24) is 0 Å². The van der Waals surface area contributed by atoms with Gasteiger partial charge in [-0.2, -0.15) is 0 Å². The number of benzene rings is 11. The molecule has 0 N–H and O–H groups in total. The van der Waals surface area contributed by atoms with Crippen LogP contribution in [-0.2, 0) is 0 Å². The van der Waals surface area contributed by atoms with Crippen LogP contribution < -0.4 is 20.7 Å². The van der Waals surface area contributed by atoms with E-state index in [1.807, 2.05) is 0 Å². The van der Waals surface area contributed by atoms with Gasteiger partial charge in [0.05, 0.1) is 0 Å². The summed E-state index contributed by atoms with van der Waals surface area (Å²) in [4.78, 5) is 0. The lowest BCUT2D eigenvalue weighted by Gasteiger charge is -2.34. The van der Waals surface area contributed by atoms with E-state index in [1.54, 1.807) is 0 Å². The van der Waals surface area contributed by atoms with E-state index in [-0.39, 0.29) is 0 Å². The third kappa shape index (κ3) is 5.69. The minimum atomic E-state index is -2.72. The maximum atomic E-state index is 6.83. The molecule has 11 aromatic carbocycles. The van der Waals surface area contributed by atoms with Crippen LogP contribution in [0.4, 0.5) is 0 Å². The van der Waals surface area contributed by atoms with Crippen LogP contribution in [0.3, 0.4) is 0 Å². The summed E-state index contributed by atoms with van der Waals surface area (Å²) in [6.07, 6.45) is 0. The maximum absolute atomic E-state index is 6.83. The summed E-state index contributed by atoms with van der Waals surface area (Å²) < 4.78 is 6.83. The Balaban J connectivity index is 1.02. The second-order valence-corrected chi connectivity index (χ2v) is 20.1. The van der Waals surface area contributed by atoms with Crippen LogP contribution in [0.2, 0.25) is 0 Å². The first-order valence-electron chi connectivity index (χ1n) is 21.4. The number of hydrogen-bond acceptors (Lipinski definition) is 1. The minimum Gasteiger partial charge on any atom is -0.456 e. The number of fused-ring (bicyclic) bond motifs is 6. The predicted molar refractivity (Wildman–Crippen MR) is 266 cm³/mol. The van der Waals surface area contributed by atoms with Crippen molar-refractivity contribution in [3.63, 3.8) is 0 Å². The molecule has 0 unspecified atom stereocenters. The Morgan fingerprint density at radius 1 is 0.258 bits per heavy atom. The molecule has 0 radical (unpaired) electrons. The maximum Gasteiger partial charge on any atom is 0.179 e. The molecule has 0 spiro atoms. The summed E-state index contributed by atoms with van der Waals surface area (Å²) in [5, 5.41) is 15.1. The van der Waals surface area contributed by atoms with E-state index in [2.05, 4.69) is 243 Å². The lowest BCUT2D eigenvalue weighted by molar-refractivity contribution is 0.669. The molecule has 62 heavy (non-hydrogen) atoms. The molecular weight excluding hydrogens is 765 g/mol. The van der Waals surface area contributed by atoms with Gasteiger partial charge in [-0.3, -0.25) is 0 Å². The minimum absolute atomic E-state index is 0.892. The third-order valence-corrected chi connectivity index (χ3v) is 17.8. The van der Waals surface area contributed by atoms with Gasteiger partial charge in [-0.15, -0.1) is 0 Å². The van der Waals surface area contributed by atoms with Crippen molar-refractivity contribution in [2.24, 2.45) is 0 Å². The van der Waals surface area contributed by atoms with Crippen molar-refractivity contribution >= 4 is 83.1 Å². The second-order valence-electron chi connectivity index (χ2n) is 16.3. The van der Waals surface area contributed by atoms with Crippen molar-refractivity contribution in [3.8, 4) is 33.4 Å². The number of rotatable bonds is 7. The topological polar surface area (TPSA) is 13.1 Å². The Kier molecular flexibility index (Phi) is 8.58. The summed E-state index contributed by atoms with van der Waals surface area (Å²) in [6, 6.07) is 89.2. The molecule has 1 aromatic heterocycles. The molecule has 0 aliphatic rings. The highest BCUT2D eigenvalue weighted by molar-refractivity contribution is 7.20. The fraction of sp³-hybridized carbons (Fsp3) is 0. The van der Waals surface area contributed by atoms with Gasteiger partial charge in [-0.05, 0) is 105 Å². The van der Waals surface area contributed by atoms with E-state index in [0.29, 0.717) is 0 Å². The molecule has 0 atom stereocenters. The van der Waals surface area contributed by atoms with Crippen LogP contribution in [0.1, 0.15) is 0 Å². The smallest absolute Gasteiger partial charge is 0.179 e. The van der Waals surface area contributed by atoms with Crippen molar-refractivity contribution in [2.45, 2.75) is 0 Å². The summed E-state index contributed by atoms with van der Waals surface area (Å²) in [7, 11) is -2.72. The van der Waals surface area contributed by atoms with Gasteiger partial charge in [-0.25, -0.2) is 0 Å². The van der Waals surface area contributed by atoms with Gasteiger partial charge in [0, 0.05) is 10.8 Å². The van der Waals surface area contributed by atoms with Crippen LogP contribution in [0, 0.1) is 0 Å². The Morgan fingerprint density at radius 2 is 0.726 bits per heavy atom. The predicted octanol–water partition coefficient (Wildman–Crippen LogP) is 13.4. The highest BCUT2D eigenvalue weighted by Gasteiger charge is 2.41. The molecule has 12 rings (SSSR count). The Labute approximate surface area is 361 Å². The van der Waals surface area contributed by atoms with Crippen LogP contribution in [0.25, 0.3) is 87.6 Å². The first-order chi connectivity index (χ1) is 30.8. The molecular formula is C60H40OSi. The molecule has 290 valence electrons. The molecule has 1 nitrogen and oxygen atoms in total. The molecule has 0 aliphatic carbocycles. The second kappa shape index (κ2) is 14.7. The van der Waals surface area contributed by atoms with E-state index in [9.17, 15) is 0 Å². The molecule has 2 heteroatoms. The SMILES string of the molecule is c1ccc([Si](c2ccccc2)(c2ccccc2)c2ccc3c(c2)oc2ccc(-c4c5ccccc5c(-c5ccc(-c6cccc7ccccc67)cc5)c5ccccc45)cc23)cc1. The van der Waals surface area contributed by atoms with E-state index in [1.165, 1.54) is 86.4 Å². The Bertz CT molecular complexity index is 3450. The summed E-state index contributed by atoms with van der Waals surface area (Å²) >= 11 is 0. The zero-order valence-electron chi connectivity index (χ0n) is 34.0. The summed E-state index contributed by atoms with van der Waals surface area (Å²) in [5.74, 6) is 0. The lowest BCUT2D eigenvalue weighted by atomic mass is 9.85. The van der Waals surface area contributed by atoms with Crippen molar-refractivity contribution in [3.05, 3.63) is 243 Å². The number of furan rings is 1. The van der Waals surface area contributed by atoms with Crippen molar-refractivity contribution in [1.29, 1.82) is 0 Å². The largest absolute Gasteiger partial charge is 0.456 e. The van der Waals surface area contributed by atoms with E-state index in [0.717, 1.165) is 21.9 Å². The zero-order chi connectivity index (χ0) is 41.0. The van der Waals surface area contributed by atoms with Gasteiger partial charge in [0.25, 0.3) is 0 Å². The Morgan fingerprint density at radius 3 is 1.31 bits per heavy atom. The first kappa shape index (κ1) is 36.1. The van der Waals surface area contributed by atoms with Gasteiger partial charge in [0.15, 0.2) is 8.07 Å². The van der Waals surface area contributed by atoms with Crippen LogP contribution in [0.15, 0.2) is 247 Å². The Hall–Kier alpha value is -7.78. The molecule has 12 aromatic rings. The molecule has 0 fully saturated rings. The molecule has 1 heterocycles. The van der Waals surface area contributed by atoms with Crippen LogP contribution in [-0.4, -0.2) is 8.07 Å². The van der Waals surface area contributed by atoms with Gasteiger partial charge >= 0.3 is 0 Å². The average molecular weight is 805 g/mol. The highest BCUT2D eigenvalue weighted by Crippen LogP contribution is 2.45. The summed E-state index contributed by atoms with van der Waals surface area (Å²) in [5.41, 5.74) is 9.16. The monoisotopic (exact) mass is 804 g/mol. The van der Waals surface area contributed by atoms with Crippen LogP contribution in [0.5, 0.6) is 0 Å². The molecule has 0 bridgehead atoms. The fourth-order valence-corrected chi connectivity index (χ4v) is 15.0.